The number of benzene rings is 1. The van der Waals surface area contributed by atoms with E-state index in [1.807, 2.05) is 0 Å². The van der Waals surface area contributed by atoms with Crippen LogP contribution >= 0.6 is 27.5 Å². The fourth-order valence-electron chi connectivity index (χ4n) is 1.22. The summed E-state index contributed by atoms with van der Waals surface area (Å²) in [6.45, 7) is 0.844. The monoisotopic (exact) mass is 323 g/mol. The molecule has 0 saturated carbocycles. The minimum absolute atomic E-state index is 0.00350. The summed E-state index contributed by atoms with van der Waals surface area (Å²) in [6, 6.07) is 4.12. The maximum Gasteiger partial charge on any atom is 0.252 e. The van der Waals surface area contributed by atoms with Gasteiger partial charge in [0.1, 0.15) is 5.82 Å². The van der Waals surface area contributed by atoms with Gasteiger partial charge in [0.15, 0.2) is 0 Å². The molecule has 3 nitrogen and oxygen atoms in total. The van der Waals surface area contributed by atoms with Crippen molar-refractivity contribution in [3.63, 3.8) is 0 Å². The Morgan fingerprint density at radius 1 is 1.65 bits per heavy atom. The van der Waals surface area contributed by atoms with Gasteiger partial charge >= 0.3 is 0 Å². The van der Waals surface area contributed by atoms with Gasteiger partial charge in [-0.05, 0) is 12.1 Å². The van der Waals surface area contributed by atoms with Gasteiger partial charge in [-0.25, -0.2) is 4.39 Å². The number of carbonyl (C=O) groups excluding carboxylic acids is 1. The molecule has 94 valence electrons. The Labute approximate surface area is 112 Å². The van der Waals surface area contributed by atoms with Crippen molar-refractivity contribution in [3.8, 4) is 0 Å². The molecule has 1 aromatic carbocycles. The summed E-state index contributed by atoms with van der Waals surface area (Å²) in [4.78, 5) is 11.7. The second-order valence-corrected chi connectivity index (χ2v) is 5.04. The maximum atomic E-state index is 13.1. The molecule has 1 rings (SSSR count). The van der Waals surface area contributed by atoms with E-state index in [4.69, 9.17) is 16.3 Å². The van der Waals surface area contributed by atoms with Crippen LogP contribution in [0.15, 0.2) is 18.2 Å². The highest BCUT2D eigenvalue weighted by molar-refractivity contribution is 9.09. The molecule has 1 amide bonds. The predicted octanol–water partition coefficient (Wildman–Crippen LogP) is 2.62. The van der Waals surface area contributed by atoms with E-state index in [2.05, 4.69) is 21.2 Å². The summed E-state index contributed by atoms with van der Waals surface area (Å²) >= 11 is 9.02. The number of hydrogen-bond acceptors (Lipinski definition) is 2. The molecule has 17 heavy (non-hydrogen) atoms. The maximum absolute atomic E-state index is 13.1. The molecule has 1 unspecified atom stereocenters. The number of halogens is 3. The fourth-order valence-corrected chi connectivity index (χ4v) is 1.86. The number of amides is 1. The van der Waals surface area contributed by atoms with Gasteiger partial charge in [-0.15, -0.1) is 0 Å². The van der Waals surface area contributed by atoms with Gasteiger partial charge in [-0.2, -0.15) is 0 Å². The first-order chi connectivity index (χ1) is 8.06. The summed E-state index contributed by atoms with van der Waals surface area (Å²) in [5.74, 6) is -1.01. The van der Waals surface area contributed by atoms with Gasteiger partial charge < -0.3 is 10.1 Å². The van der Waals surface area contributed by atoms with E-state index in [1.165, 1.54) is 18.2 Å². The minimum atomic E-state index is -0.605. The van der Waals surface area contributed by atoms with Crippen molar-refractivity contribution in [1.29, 1.82) is 0 Å². The number of hydrogen-bond donors (Lipinski definition) is 1. The fraction of sp³-hybridized carbons (Fsp3) is 0.364. The molecule has 0 aliphatic rings. The second-order valence-electron chi connectivity index (χ2n) is 3.36. The molecule has 0 radical (unpaired) electrons. The van der Waals surface area contributed by atoms with E-state index in [-0.39, 0.29) is 15.4 Å². The molecular weight excluding hydrogens is 312 g/mol. The van der Waals surface area contributed by atoms with Crippen LogP contribution < -0.4 is 5.32 Å². The van der Waals surface area contributed by atoms with Crippen molar-refractivity contribution in [1.82, 2.24) is 5.32 Å². The van der Waals surface area contributed by atoms with Gasteiger partial charge in [-0.1, -0.05) is 33.6 Å². The third kappa shape index (κ3) is 4.26. The molecule has 0 bridgehead atoms. The van der Waals surface area contributed by atoms with Crippen LogP contribution in [0, 0.1) is 5.82 Å². The number of alkyl halides is 1. The molecule has 1 aromatic rings. The second kappa shape index (κ2) is 6.93. The molecular formula is C11H12BrClFNO2. The predicted molar refractivity (Wildman–Crippen MR) is 68.3 cm³/mol. The van der Waals surface area contributed by atoms with E-state index in [1.54, 1.807) is 7.11 Å². The molecule has 1 atom stereocenters. The summed E-state index contributed by atoms with van der Waals surface area (Å²) in [7, 11) is 1.57. The Morgan fingerprint density at radius 3 is 3.00 bits per heavy atom. The highest BCUT2D eigenvalue weighted by atomic mass is 79.9. The van der Waals surface area contributed by atoms with Crippen molar-refractivity contribution in [2.75, 3.05) is 20.3 Å². The number of methoxy groups -OCH3 is 1. The topological polar surface area (TPSA) is 38.3 Å². The normalized spacial score (nSPS) is 12.2. The standard InChI is InChI=1S/C11H12BrClFNO2/c1-17-6-7(12)5-15-11(16)8-3-2-4-9(14)10(8)13/h2-4,7H,5-6H2,1H3,(H,15,16). The van der Waals surface area contributed by atoms with Crippen molar-refractivity contribution in [2.24, 2.45) is 0 Å². The van der Waals surface area contributed by atoms with E-state index in [0.717, 1.165) is 0 Å². The lowest BCUT2D eigenvalue weighted by Crippen LogP contribution is -2.31. The molecule has 0 aliphatic heterocycles. The summed E-state index contributed by atoms with van der Waals surface area (Å²) in [5, 5.41) is 2.47. The average Bonchev–Trinajstić information content (AvgIpc) is 2.30. The van der Waals surface area contributed by atoms with Crippen LogP contribution in [-0.4, -0.2) is 31.0 Å². The number of nitrogens with one attached hydrogen (secondary N) is 1. The SMILES string of the molecule is COCC(Br)CNC(=O)c1cccc(F)c1Cl. The lowest BCUT2D eigenvalue weighted by molar-refractivity contribution is 0.0950. The van der Waals surface area contributed by atoms with Crippen LogP contribution in [0.4, 0.5) is 4.39 Å². The van der Waals surface area contributed by atoms with Crippen LogP contribution in [0.1, 0.15) is 10.4 Å². The Hall–Kier alpha value is -0.650. The van der Waals surface area contributed by atoms with Crippen molar-refractivity contribution >= 4 is 33.4 Å². The van der Waals surface area contributed by atoms with Gasteiger partial charge in [0.25, 0.3) is 5.91 Å². The first kappa shape index (κ1) is 14.4. The number of carbonyl (C=O) groups is 1. The zero-order chi connectivity index (χ0) is 12.8. The van der Waals surface area contributed by atoms with Crippen LogP contribution in [0.5, 0.6) is 0 Å². The Bertz CT molecular complexity index is 403. The summed E-state index contributed by atoms with van der Waals surface area (Å²) in [6.07, 6.45) is 0. The molecule has 0 fully saturated rings. The van der Waals surface area contributed by atoms with Gasteiger partial charge in [0.2, 0.25) is 0 Å². The van der Waals surface area contributed by atoms with Crippen molar-refractivity contribution < 1.29 is 13.9 Å². The number of ether oxygens (including phenoxy) is 1. The summed E-state index contributed by atoms with van der Waals surface area (Å²) < 4.78 is 18.0. The van der Waals surface area contributed by atoms with Crippen molar-refractivity contribution in [3.05, 3.63) is 34.6 Å². The third-order valence-electron chi connectivity index (χ3n) is 2.03. The van der Waals surface area contributed by atoms with E-state index in [0.29, 0.717) is 13.2 Å². The van der Waals surface area contributed by atoms with Gasteiger partial charge in [0, 0.05) is 13.7 Å². The largest absolute Gasteiger partial charge is 0.383 e. The highest BCUT2D eigenvalue weighted by Crippen LogP contribution is 2.19. The molecule has 0 spiro atoms. The lowest BCUT2D eigenvalue weighted by atomic mass is 10.2. The first-order valence-corrected chi connectivity index (χ1v) is 6.20. The van der Waals surface area contributed by atoms with Crippen LogP contribution in [0.3, 0.4) is 0 Å². The van der Waals surface area contributed by atoms with Crippen LogP contribution in [0.2, 0.25) is 5.02 Å². The summed E-state index contributed by atoms with van der Waals surface area (Å²) in [5.41, 5.74) is 0.129. The Balaban J connectivity index is 2.61. The van der Waals surface area contributed by atoms with Crippen LogP contribution in [-0.2, 0) is 4.74 Å². The lowest BCUT2D eigenvalue weighted by Gasteiger charge is -2.11. The van der Waals surface area contributed by atoms with Gasteiger partial charge in [0.05, 0.1) is 22.0 Å². The third-order valence-corrected chi connectivity index (χ3v) is 3.00. The van der Waals surface area contributed by atoms with E-state index >= 15 is 0 Å². The van der Waals surface area contributed by atoms with Crippen molar-refractivity contribution in [2.45, 2.75) is 4.83 Å². The Kier molecular flexibility index (Phi) is 5.88. The first-order valence-electron chi connectivity index (χ1n) is 4.91. The molecule has 6 heteroatoms. The molecule has 0 aliphatic carbocycles. The van der Waals surface area contributed by atoms with Gasteiger partial charge in [-0.3, -0.25) is 4.79 Å². The number of rotatable bonds is 5. The molecule has 0 heterocycles. The quantitative estimate of drug-likeness (QED) is 0.846. The Morgan fingerprint density at radius 2 is 2.35 bits per heavy atom. The molecule has 0 aromatic heterocycles. The van der Waals surface area contributed by atoms with E-state index < -0.39 is 11.7 Å². The molecule has 1 N–H and O–H groups in total. The minimum Gasteiger partial charge on any atom is -0.383 e. The zero-order valence-corrected chi connectivity index (χ0v) is 11.5. The van der Waals surface area contributed by atoms with Crippen LogP contribution in [0.25, 0.3) is 0 Å². The average molecular weight is 325 g/mol. The molecule has 0 saturated heterocycles. The highest BCUT2D eigenvalue weighted by Gasteiger charge is 2.14. The zero-order valence-electron chi connectivity index (χ0n) is 9.17. The van der Waals surface area contributed by atoms with E-state index in [9.17, 15) is 9.18 Å². The smallest absolute Gasteiger partial charge is 0.252 e.